The zero-order valence-corrected chi connectivity index (χ0v) is 14.9. The van der Waals surface area contributed by atoms with Gasteiger partial charge in [-0.1, -0.05) is 12.1 Å². The third-order valence-corrected chi connectivity index (χ3v) is 5.25. The predicted molar refractivity (Wildman–Crippen MR) is 94.7 cm³/mol. The van der Waals surface area contributed by atoms with Crippen LogP contribution in [0.15, 0.2) is 29.6 Å². The maximum atomic E-state index is 13.8. The molecule has 132 valence electrons. The van der Waals surface area contributed by atoms with E-state index < -0.39 is 0 Å². The molecular formula is C18H20FN3O2S. The van der Waals surface area contributed by atoms with Crippen LogP contribution in [0.5, 0.6) is 0 Å². The molecule has 25 heavy (non-hydrogen) atoms. The summed E-state index contributed by atoms with van der Waals surface area (Å²) in [6, 6.07) is 6.56. The largest absolute Gasteiger partial charge is 0.339 e. The number of amides is 2. The van der Waals surface area contributed by atoms with Crippen molar-refractivity contribution in [1.29, 1.82) is 0 Å². The molecule has 1 aromatic carbocycles. The number of benzene rings is 1. The number of piperazine rings is 1. The normalized spacial score (nSPS) is 14.6. The Labute approximate surface area is 150 Å². The number of rotatable bonds is 4. The molecule has 1 aliphatic heterocycles. The van der Waals surface area contributed by atoms with Crippen molar-refractivity contribution in [3.63, 3.8) is 0 Å². The SMILES string of the molecule is CC(=O)N1CCN(C(=O)CCc2csc(-c3ccccc3F)n2)CC1. The Morgan fingerprint density at radius 3 is 2.52 bits per heavy atom. The number of nitrogens with zero attached hydrogens (tertiary/aromatic N) is 3. The molecule has 0 unspecified atom stereocenters. The monoisotopic (exact) mass is 361 g/mol. The molecule has 0 atom stereocenters. The Bertz CT molecular complexity index is 769. The van der Waals surface area contributed by atoms with Gasteiger partial charge in [-0.3, -0.25) is 9.59 Å². The molecule has 0 bridgehead atoms. The molecule has 0 saturated carbocycles. The summed E-state index contributed by atoms with van der Waals surface area (Å²) in [6.07, 6.45) is 0.914. The number of aromatic nitrogens is 1. The van der Waals surface area contributed by atoms with Gasteiger partial charge in [0, 0.05) is 50.5 Å². The molecule has 1 saturated heterocycles. The Morgan fingerprint density at radius 1 is 1.16 bits per heavy atom. The summed E-state index contributed by atoms with van der Waals surface area (Å²) in [4.78, 5) is 31.6. The smallest absolute Gasteiger partial charge is 0.223 e. The predicted octanol–water partition coefficient (Wildman–Crippen LogP) is 2.57. The van der Waals surface area contributed by atoms with Crippen LogP contribution in [0.3, 0.4) is 0 Å². The quantitative estimate of drug-likeness (QED) is 0.841. The van der Waals surface area contributed by atoms with E-state index in [1.807, 2.05) is 5.38 Å². The maximum Gasteiger partial charge on any atom is 0.223 e. The molecule has 0 spiro atoms. The number of carbonyl (C=O) groups is 2. The summed E-state index contributed by atoms with van der Waals surface area (Å²) in [7, 11) is 0. The van der Waals surface area contributed by atoms with Crippen LogP contribution >= 0.6 is 11.3 Å². The molecule has 2 heterocycles. The van der Waals surface area contributed by atoms with Gasteiger partial charge in [0.25, 0.3) is 0 Å². The molecule has 0 N–H and O–H groups in total. The Kier molecular flexibility index (Phi) is 5.43. The fourth-order valence-corrected chi connectivity index (χ4v) is 3.72. The minimum atomic E-state index is -0.289. The van der Waals surface area contributed by atoms with E-state index in [9.17, 15) is 14.0 Å². The Balaban J connectivity index is 1.53. The molecular weight excluding hydrogens is 341 g/mol. The molecule has 1 aromatic heterocycles. The topological polar surface area (TPSA) is 53.5 Å². The molecule has 2 amide bonds. The summed E-state index contributed by atoms with van der Waals surface area (Å²) in [5.41, 5.74) is 1.30. The van der Waals surface area contributed by atoms with Crippen molar-refractivity contribution < 1.29 is 14.0 Å². The average molecular weight is 361 g/mol. The summed E-state index contributed by atoms with van der Waals surface area (Å²) in [6.45, 7) is 3.89. The number of hydrogen-bond acceptors (Lipinski definition) is 4. The number of hydrogen-bond donors (Lipinski definition) is 0. The standard InChI is InChI=1S/C18H20FN3O2S/c1-13(23)21-8-10-22(11-9-21)17(24)7-6-14-12-25-18(20-14)15-4-2-3-5-16(15)19/h2-5,12H,6-11H2,1H3. The Hall–Kier alpha value is -2.28. The van der Waals surface area contributed by atoms with Gasteiger partial charge < -0.3 is 9.80 Å². The molecule has 1 aliphatic rings. The summed E-state index contributed by atoms with van der Waals surface area (Å²) in [5, 5.41) is 2.51. The van der Waals surface area contributed by atoms with Crippen molar-refractivity contribution in [2.45, 2.75) is 19.8 Å². The highest BCUT2D eigenvalue weighted by Crippen LogP contribution is 2.26. The molecule has 3 rings (SSSR count). The molecule has 5 nitrogen and oxygen atoms in total. The third-order valence-electron chi connectivity index (χ3n) is 4.33. The lowest BCUT2D eigenvalue weighted by Gasteiger charge is -2.34. The van der Waals surface area contributed by atoms with Gasteiger partial charge in [-0.25, -0.2) is 9.37 Å². The Morgan fingerprint density at radius 2 is 1.84 bits per heavy atom. The van der Waals surface area contributed by atoms with Crippen LogP contribution in [-0.4, -0.2) is 52.8 Å². The van der Waals surface area contributed by atoms with Gasteiger partial charge >= 0.3 is 0 Å². The zero-order valence-electron chi connectivity index (χ0n) is 14.1. The number of thiazole rings is 1. The van der Waals surface area contributed by atoms with Crippen LogP contribution in [0.4, 0.5) is 4.39 Å². The van der Waals surface area contributed by atoms with Crippen molar-refractivity contribution in [3.8, 4) is 10.6 Å². The van der Waals surface area contributed by atoms with Gasteiger partial charge in [0.2, 0.25) is 11.8 Å². The van der Waals surface area contributed by atoms with Crippen molar-refractivity contribution in [2.24, 2.45) is 0 Å². The second kappa shape index (κ2) is 7.74. The van der Waals surface area contributed by atoms with E-state index in [1.165, 1.54) is 17.4 Å². The highest BCUT2D eigenvalue weighted by molar-refractivity contribution is 7.13. The van der Waals surface area contributed by atoms with Crippen LogP contribution in [0.2, 0.25) is 0 Å². The van der Waals surface area contributed by atoms with Gasteiger partial charge in [-0.2, -0.15) is 0 Å². The highest BCUT2D eigenvalue weighted by Gasteiger charge is 2.22. The van der Waals surface area contributed by atoms with E-state index in [4.69, 9.17) is 0 Å². The van der Waals surface area contributed by atoms with Gasteiger partial charge in [-0.05, 0) is 18.6 Å². The lowest BCUT2D eigenvalue weighted by molar-refractivity contribution is -0.138. The fraction of sp³-hybridized carbons (Fsp3) is 0.389. The van der Waals surface area contributed by atoms with Gasteiger partial charge in [0.05, 0.1) is 5.69 Å². The van der Waals surface area contributed by atoms with E-state index in [1.54, 1.807) is 34.9 Å². The first kappa shape index (κ1) is 17.5. The number of halogens is 1. The van der Waals surface area contributed by atoms with Gasteiger partial charge in [0.1, 0.15) is 10.8 Å². The van der Waals surface area contributed by atoms with Crippen molar-refractivity contribution >= 4 is 23.2 Å². The van der Waals surface area contributed by atoms with Crippen LogP contribution in [0.1, 0.15) is 19.0 Å². The molecule has 1 fully saturated rings. The molecule has 2 aromatic rings. The summed E-state index contributed by atoms with van der Waals surface area (Å²) >= 11 is 1.39. The maximum absolute atomic E-state index is 13.8. The summed E-state index contributed by atoms with van der Waals surface area (Å²) < 4.78 is 13.8. The zero-order chi connectivity index (χ0) is 17.8. The third kappa shape index (κ3) is 4.22. The minimum absolute atomic E-state index is 0.0512. The second-order valence-corrected chi connectivity index (χ2v) is 6.87. The van der Waals surface area contributed by atoms with E-state index in [0.717, 1.165) is 5.69 Å². The van der Waals surface area contributed by atoms with Crippen LogP contribution in [0.25, 0.3) is 10.6 Å². The lowest BCUT2D eigenvalue weighted by atomic mass is 10.2. The molecule has 7 heteroatoms. The van der Waals surface area contributed by atoms with E-state index in [2.05, 4.69) is 4.98 Å². The average Bonchev–Trinajstić information content (AvgIpc) is 3.09. The molecule has 0 radical (unpaired) electrons. The fourth-order valence-electron chi connectivity index (χ4n) is 2.84. The molecule has 0 aliphatic carbocycles. The highest BCUT2D eigenvalue weighted by atomic mass is 32.1. The second-order valence-electron chi connectivity index (χ2n) is 6.01. The number of aryl methyl sites for hydroxylation is 1. The first-order valence-corrected chi connectivity index (χ1v) is 9.15. The van der Waals surface area contributed by atoms with E-state index in [-0.39, 0.29) is 17.6 Å². The minimum Gasteiger partial charge on any atom is -0.339 e. The van der Waals surface area contributed by atoms with E-state index >= 15 is 0 Å². The van der Waals surface area contributed by atoms with Crippen LogP contribution in [0, 0.1) is 5.82 Å². The van der Waals surface area contributed by atoms with Gasteiger partial charge in [-0.15, -0.1) is 11.3 Å². The lowest BCUT2D eigenvalue weighted by Crippen LogP contribution is -2.50. The number of carbonyl (C=O) groups excluding carboxylic acids is 2. The van der Waals surface area contributed by atoms with E-state index in [0.29, 0.717) is 49.6 Å². The van der Waals surface area contributed by atoms with Crippen LogP contribution < -0.4 is 0 Å². The van der Waals surface area contributed by atoms with Crippen molar-refractivity contribution in [3.05, 3.63) is 41.2 Å². The van der Waals surface area contributed by atoms with Crippen molar-refractivity contribution in [1.82, 2.24) is 14.8 Å². The first-order valence-electron chi connectivity index (χ1n) is 8.27. The first-order chi connectivity index (χ1) is 12.0. The summed E-state index contributed by atoms with van der Waals surface area (Å²) in [5.74, 6) is -0.165. The van der Waals surface area contributed by atoms with Crippen LogP contribution in [-0.2, 0) is 16.0 Å². The van der Waals surface area contributed by atoms with Gasteiger partial charge in [0.15, 0.2) is 0 Å². The van der Waals surface area contributed by atoms with Crippen molar-refractivity contribution in [2.75, 3.05) is 26.2 Å².